The number of Topliss-reactive ketones (excluding diaryl/α,β-unsaturated/α-hetero) is 1. The summed E-state index contributed by atoms with van der Waals surface area (Å²) in [7, 11) is 1.47. The number of allylic oxidation sites excluding steroid dienone is 2. The molecule has 0 radical (unpaired) electrons. The zero-order chi connectivity index (χ0) is 15.5. The molecule has 0 heterocycles. The average Bonchev–Trinajstić information content (AvgIpc) is 2.58. The molecular weight excluding hydrogens is 276 g/mol. The molecule has 0 unspecified atom stereocenters. The Morgan fingerprint density at radius 1 is 1.05 bits per heavy atom. The predicted molar refractivity (Wildman–Crippen MR) is 83.2 cm³/mol. The first kappa shape index (κ1) is 13.8. The second-order valence-electron chi connectivity index (χ2n) is 4.74. The number of ether oxygens (including phenoxy) is 1. The third-order valence-electron chi connectivity index (χ3n) is 3.41. The molecule has 3 rings (SSSR count). The lowest BCUT2D eigenvalue weighted by atomic mass is 9.93. The molecule has 0 N–H and O–H groups in total. The number of carbonyl (C=O) groups is 1. The third-order valence-corrected chi connectivity index (χ3v) is 3.41. The van der Waals surface area contributed by atoms with Gasteiger partial charge in [0.2, 0.25) is 5.78 Å². The highest BCUT2D eigenvalue weighted by atomic mass is 16.5. The zero-order valence-electron chi connectivity index (χ0n) is 11.9. The number of nitrogens with zero attached hydrogens (tertiary/aromatic N) is 2. The van der Waals surface area contributed by atoms with Crippen molar-refractivity contribution < 1.29 is 9.53 Å². The van der Waals surface area contributed by atoms with Crippen LogP contribution in [0.4, 0.5) is 5.69 Å². The smallest absolute Gasteiger partial charge is 0.228 e. The molecule has 2 aromatic carbocycles. The number of nitriles is 1. The lowest BCUT2D eigenvalue weighted by molar-refractivity contribution is 0.0952. The molecule has 0 amide bonds. The fourth-order valence-electron chi connectivity index (χ4n) is 2.30. The van der Waals surface area contributed by atoms with Gasteiger partial charge in [-0.05, 0) is 24.3 Å². The van der Waals surface area contributed by atoms with Crippen LogP contribution in [0, 0.1) is 11.3 Å². The largest absolute Gasteiger partial charge is 0.493 e. The number of hydrogen-bond acceptors (Lipinski definition) is 4. The lowest BCUT2D eigenvalue weighted by Crippen LogP contribution is -2.18. The molecular formula is C18H12N2O2. The number of fused-ring (bicyclic) bond motifs is 1. The fourth-order valence-corrected chi connectivity index (χ4v) is 2.30. The Kier molecular flexibility index (Phi) is 3.55. The minimum Gasteiger partial charge on any atom is -0.493 e. The summed E-state index contributed by atoms with van der Waals surface area (Å²) in [5.41, 5.74) is 3.31. The van der Waals surface area contributed by atoms with Crippen LogP contribution in [0.5, 0.6) is 0 Å². The van der Waals surface area contributed by atoms with E-state index in [1.165, 1.54) is 7.11 Å². The van der Waals surface area contributed by atoms with Gasteiger partial charge >= 0.3 is 0 Å². The van der Waals surface area contributed by atoms with Crippen molar-refractivity contribution in [2.24, 2.45) is 4.99 Å². The van der Waals surface area contributed by atoms with Crippen molar-refractivity contribution in [2.75, 3.05) is 7.11 Å². The summed E-state index contributed by atoms with van der Waals surface area (Å²) in [6, 6.07) is 16.3. The van der Waals surface area contributed by atoms with Crippen molar-refractivity contribution >= 4 is 17.2 Å². The van der Waals surface area contributed by atoms with Crippen LogP contribution in [0.25, 0.3) is 0 Å². The Bertz CT molecular complexity index is 840. The fraction of sp³-hybridized carbons (Fsp3) is 0.0556. The van der Waals surface area contributed by atoms with E-state index in [2.05, 4.69) is 11.1 Å². The Balaban J connectivity index is 2.11. The summed E-state index contributed by atoms with van der Waals surface area (Å²) in [6.45, 7) is 0. The molecule has 22 heavy (non-hydrogen) atoms. The van der Waals surface area contributed by atoms with E-state index < -0.39 is 0 Å². The summed E-state index contributed by atoms with van der Waals surface area (Å²) < 4.78 is 5.15. The molecule has 1 aliphatic rings. The highest BCUT2D eigenvalue weighted by molar-refractivity contribution is 6.25. The molecule has 0 bridgehead atoms. The molecule has 0 fully saturated rings. The van der Waals surface area contributed by atoms with Crippen LogP contribution in [0.3, 0.4) is 0 Å². The summed E-state index contributed by atoms with van der Waals surface area (Å²) in [6.07, 6.45) is 1.64. The van der Waals surface area contributed by atoms with Crippen LogP contribution >= 0.6 is 0 Å². The van der Waals surface area contributed by atoms with Gasteiger partial charge < -0.3 is 4.74 Å². The van der Waals surface area contributed by atoms with Crippen LogP contribution in [0.2, 0.25) is 0 Å². The second kappa shape index (κ2) is 5.66. The normalized spacial score (nSPS) is 15.0. The maximum Gasteiger partial charge on any atom is 0.228 e. The first-order valence-corrected chi connectivity index (χ1v) is 6.71. The van der Waals surface area contributed by atoms with E-state index in [0.29, 0.717) is 22.5 Å². The van der Waals surface area contributed by atoms with Crippen molar-refractivity contribution in [3.63, 3.8) is 0 Å². The molecule has 2 aromatic rings. The number of carbonyl (C=O) groups excluding carboxylic acids is 1. The van der Waals surface area contributed by atoms with Gasteiger partial charge in [-0.25, -0.2) is 4.99 Å². The molecule has 1 aliphatic carbocycles. The summed E-state index contributed by atoms with van der Waals surface area (Å²) in [5.74, 6) is 0.128. The first-order valence-electron chi connectivity index (χ1n) is 6.71. The first-order chi connectivity index (χ1) is 10.7. The Hall–Kier alpha value is -3.19. The van der Waals surface area contributed by atoms with Crippen LogP contribution in [0.1, 0.15) is 21.5 Å². The number of rotatable bonds is 2. The quantitative estimate of drug-likeness (QED) is 0.850. The summed E-state index contributed by atoms with van der Waals surface area (Å²) in [5, 5.41) is 8.83. The van der Waals surface area contributed by atoms with Gasteiger partial charge in [0.1, 0.15) is 0 Å². The maximum atomic E-state index is 12.2. The topological polar surface area (TPSA) is 62.4 Å². The lowest BCUT2D eigenvalue weighted by Gasteiger charge is -2.16. The van der Waals surface area contributed by atoms with Crippen molar-refractivity contribution in [1.29, 1.82) is 5.26 Å². The van der Waals surface area contributed by atoms with E-state index in [0.717, 1.165) is 5.56 Å². The Morgan fingerprint density at radius 2 is 1.73 bits per heavy atom. The van der Waals surface area contributed by atoms with Crippen molar-refractivity contribution in [2.45, 2.75) is 0 Å². The standard InChI is InChI=1S/C18H12N2O2/c1-22-17-10-16(14-4-2-3-5-15(14)18(17)21)20-13-8-6-12(11-19)7-9-13/h2-10H,1H3. The van der Waals surface area contributed by atoms with E-state index in [1.54, 1.807) is 36.4 Å². The number of ketones is 1. The van der Waals surface area contributed by atoms with Gasteiger partial charge in [0, 0.05) is 17.2 Å². The van der Waals surface area contributed by atoms with Gasteiger partial charge in [0.05, 0.1) is 30.1 Å². The van der Waals surface area contributed by atoms with Gasteiger partial charge in [-0.1, -0.05) is 24.3 Å². The van der Waals surface area contributed by atoms with E-state index in [1.807, 2.05) is 18.2 Å². The SMILES string of the molecule is COC1=CC(=Nc2ccc(C#N)cc2)c2ccccc2C1=O. The van der Waals surface area contributed by atoms with E-state index in [9.17, 15) is 4.79 Å². The minimum absolute atomic E-state index is 0.142. The van der Waals surface area contributed by atoms with Gasteiger partial charge in [-0.2, -0.15) is 5.26 Å². The van der Waals surface area contributed by atoms with Crippen LogP contribution in [0.15, 0.2) is 65.4 Å². The number of benzene rings is 2. The highest BCUT2D eigenvalue weighted by Gasteiger charge is 2.24. The molecule has 0 aliphatic heterocycles. The molecule has 4 heteroatoms. The van der Waals surface area contributed by atoms with Crippen molar-refractivity contribution in [3.05, 3.63) is 77.1 Å². The van der Waals surface area contributed by atoms with Gasteiger partial charge in [-0.3, -0.25) is 4.79 Å². The Labute approximate surface area is 128 Å². The average molecular weight is 288 g/mol. The van der Waals surface area contributed by atoms with Crippen molar-refractivity contribution in [3.8, 4) is 6.07 Å². The van der Waals surface area contributed by atoms with Crippen LogP contribution in [-0.2, 0) is 4.74 Å². The van der Waals surface area contributed by atoms with Crippen LogP contribution in [-0.4, -0.2) is 18.6 Å². The minimum atomic E-state index is -0.142. The summed E-state index contributed by atoms with van der Waals surface area (Å²) in [4.78, 5) is 16.8. The number of methoxy groups -OCH3 is 1. The van der Waals surface area contributed by atoms with Gasteiger partial charge in [0.25, 0.3) is 0 Å². The molecule has 0 atom stereocenters. The number of aliphatic imine (C=N–C) groups is 1. The molecule has 106 valence electrons. The molecule has 0 spiro atoms. The summed E-state index contributed by atoms with van der Waals surface area (Å²) >= 11 is 0. The van der Waals surface area contributed by atoms with E-state index >= 15 is 0 Å². The molecule has 0 saturated carbocycles. The maximum absolute atomic E-state index is 12.2. The molecule has 0 aromatic heterocycles. The van der Waals surface area contributed by atoms with Crippen LogP contribution < -0.4 is 0 Å². The highest BCUT2D eigenvalue weighted by Crippen LogP contribution is 2.24. The van der Waals surface area contributed by atoms with Gasteiger partial charge in [0.15, 0.2) is 5.76 Å². The zero-order valence-corrected chi connectivity index (χ0v) is 11.9. The Morgan fingerprint density at radius 3 is 2.36 bits per heavy atom. The van der Waals surface area contributed by atoms with Gasteiger partial charge in [-0.15, -0.1) is 0 Å². The van der Waals surface area contributed by atoms with E-state index in [4.69, 9.17) is 10.00 Å². The predicted octanol–water partition coefficient (Wildman–Crippen LogP) is 3.41. The monoisotopic (exact) mass is 288 g/mol. The molecule has 4 nitrogen and oxygen atoms in total. The third kappa shape index (κ3) is 2.40. The van der Waals surface area contributed by atoms with E-state index in [-0.39, 0.29) is 11.5 Å². The molecule has 0 saturated heterocycles. The number of hydrogen-bond donors (Lipinski definition) is 0. The van der Waals surface area contributed by atoms with Crippen molar-refractivity contribution in [1.82, 2.24) is 0 Å². The second-order valence-corrected chi connectivity index (χ2v) is 4.74.